The molecule has 0 fully saturated rings. The molecule has 1 rings (SSSR count). The van der Waals surface area contributed by atoms with Crippen molar-refractivity contribution in [3.05, 3.63) is 29.5 Å². The molecule has 3 nitrogen and oxygen atoms in total. The summed E-state index contributed by atoms with van der Waals surface area (Å²) in [6.07, 6.45) is 1.69. The minimum atomic E-state index is 0.572. The average Bonchev–Trinajstić information content (AvgIpc) is 2.35. The molecule has 0 radical (unpaired) electrons. The molecule has 0 aromatic carbocycles. The molecular weight excluding hydrogens is 176 g/mol. The molecule has 0 saturated heterocycles. The Bertz CT molecular complexity index is 270. The van der Waals surface area contributed by atoms with Crippen molar-refractivity contribution in [2.24, 2.45) is 0 Å². The van der Waals surface area contributed by atoms with E-state index in [-0.39, 0.29) is 0 Å². The predicted molar refractivity (Wildman–Crippen MR) is 47.9 cm³/mol. The minimum absolute atomic E-state index is 0.572. The molecule has 0 aliphatic carbocycles. The summed E-state index contributed by atoms with van der Waals surface area (Å²) < 4.78 is 5.22. The second-order valence-electron chi connectivity index (χ2n) is 2.49. The zero-order valence-electron chi connectivity index (χ0n) is 6.93. The highest BCUT2D eigenvalue weighted by atomic mass is 35.5. The monoisotopic (exact) mass is 186 g/mol. The van der Waals surface area contributed by atoms with Gasteiger partial charge in [0.15, 0.2) is 0 Å². The largest absolute Gasteiger partial charge is 0.445 e. The molecule has 0 aliphatic heterocycles. The molecule has 12 heavy (non-hydrogen) atoms. The first kappa shape index (κ1) is 9.29. The van der Waals surface area contributed by atoms with Crippen LogP contribution in [0.2, 0.25) is 0 Å². The molecule has 0 spiro atoms. The van der Waals surface area contributed by atoms with E-state index >= 15 is 0 Å². The van der Waals surface area contributed by atoms with Gasteiger partial charge in [-0.25, -0.2) is 4.98 Å². The maximum absolute atomic E-state index is 5.54. The van der Waals surface area contributed by atoms with E-state index in [0.717, 1.165) is 5.76 Å². The zero-order chi connectivity index (χ0) is 8.97. The standard InChI is InChI=1S/C8H11ClN2O/c1-6(9)3-10-5-8-11-4-7(2)12-8/h4,10H,1,3,5H2,2H3. The Morgan fingerprint density at radius 3 is 3.08 bits per heavy atom. The molecule has 4 heteroatoms. The van der Waals surface area contributed by atoms with Crippen molar-refractivity contribution in [2.45, 2.75) is 13.5 Å². The molecule has 0 amide bonds. The van der Waals surface area contributed by atoms with Gasteiger partial charge in [0.05, 0.1) is 12.7 Å². The fourth-order valence-electron chi connectivity index (χ4n) is 0.788. The van der Waals surface area contributed by atoms with Crippen LogP contribution in [-0.2, 0) is 6.54 Å². The van der Waals surface area contributed by atoms with Crippen LogP contribution in [0.15, 0.2) is 22.2 Å². The number of halogens is 1. The first-order valence-electron chi connectivity index (χ1n) is 3.64. The summed E-state index contributed by atoms with van der Waals surface area (Å²) in [7, 11) is 0. The summed E-state index contributed by atoms with van der Waals surface area (Å²) in [6.45, 7) is 6.56. The van der Waals surface area contributed by atoms with Gasteiger partial charge in [-0.05, 0) is 6.92 Å². The van der Waals surface area contributed by atoms with Crippen LogP contribution >= 0.6 is 11.6 Å². The van der Waals surface area contributed by atoms with Crippen LogP contribution in [-0.4, -0.2) is 11.5 Å². The van der Waals surface area contributed by atoms with Crippen LogP contribution in [0.3, 0.4) is 0 Å². The van der Waals surface area contributed by atoms with Crippen LogP contribution in [0, 0.1) is 6.92 Å². The topological polar surface area (TPSA) is 38.1 Å². The van der Waals surface area contributed by atoms with Crippen molar-refractivity contribution < 1.29 is 4.42 Å². The summed E-state index contributed by atoms with van der Waals surface area (Å²) in [5.41, 5.74) is 0. The van der Waals surface area contributed by atoms with Crippen LogP contribution in [0.4, 0.5) is 0 Å². The van der Waals surface area contributed by atoms with Crippen molar-refractivity contribution in [3.8, 4) is 0 Å². The second-order valence-corrected chi connectivity index (χ2v) is 3.02. The average molecular weight is 187 g/mol. The van der Waals surface area contributed by atoms with Gasteiger partial charge in [0.1, 0.15) is 5.76 Å². The highest BCUT2D eigenvalue weighted by Gasteiger charge is 1.98. The number of aryl methyl sites for hydroxylation is 1. The van der Waals surface area contributed by atoms with Crippen LogP contribution in [0.5, 0.6) is 0 Å². The molecule has 0 bridgehead atoms. The van der Waals surface area contributed by atoms with Gasteiger partial charge in [0.25, 0.3) is 0 Å². The van der Waals surface area contributed by atoms with E-state index in [1.807, 2.05) is 6.92 Å². The Labute approximate surface area is 76.4 Å². The molecule has 1 N–H and O–H groups in total. The molecule has 0 unspecified atom stereocenters. The summed E-state index contributed by atoms with van der Waals surface area (Å²) in [4.78, 5) is 4.01. The smallest absolute Gasteiger partial charge is 0.208 e. The Kier molecular flexibility index (Phi) is 3.31. The number of aromatic nitrogens is 1. The van der Waals surface area contributed by atoms with E-state index < -0.39 is 0 Å². The third-order valence-electron chi connectivity index (χ3n) is 1.26. The lowest BCUT2D eigenvalue weighted by Crippen LogP contribution is -2.14. The highest BCUT2D eigenvalue weighted by molar-refractivity contribution is 6.29. The van der Waals surface area contributed by atoms with E-state index in [1.165, 1.54) is 0 Å². The van der Waals surface area contributed by atoms with Crippen molar-refractivity contribution in [3.63, 3.8) is 0 Å². The summed E-state index contributed by atoms with van der Waals surface area (Å²) >= 11 is 5.54. The molecular formula is C8H11ClN2O. The maximum atomic E-state index is 5.54. The molecule has 1 aromatic heterocycles. The zero-order valence-corrected chi connectivity index (χ0v) is 7.69. The lowest BCUT2D eigenvalue weighted by molar-refractivity contribution is 0.455. The second kappa shape index (κ2) is 4.28. The molecule has 66 valence electrons. The predicted octanol–water partition coefficient (Wildman–Crippen LogP) is 1.83. The molecule has 0 aliphatic rings. The number of hydrogen-bond acceptors (Lipinski definition) is 3. The van der Waals surface area contributed by atoms with Crippen LogP contribution < -0.4 is 5.32 Å². The lowest BCUT2D eigenvalue weighted by atomic mass is 10.5. The van der Waals surface area contributed by atoms with Crippen LogP contribution in [0.25, 0.3) is 0 Å². The Hall–Kier alpha value is -0.800. The van der Waals surface area contributed by atoms with Gasteiger partial charge >= 0.3 is 0 Å². The normalized spacial score (nSPS) is 10.2. The summed E-state index contributed by atoms with van der Waals surface area (Å²) in [5.74, 6) is 1.49. The minimum Gasteiger partial charge on any atom is -0.445 e. The van der Waals surface area contributed by atoms with Crippen molar-refractivity contribution >= 4 is 11.6 Å². The van der Waals surface area contributed by atoms with Crippen molar-refractivity contribution in [2.75, 3.05) is 6.54 Å². The molecule has 0 atom stereocenters. The third kappa shape index (κ3) is 3.07. The van der Waals surface area contributed by atoms with Gasteiger partial charge in [0, 0.05) is 11.6 Å². The Morgan fingerprint density at radius 1 is 1.83 bits per heavy atom. The number of rotatable bonds is 4. The van der Waals surface area contributed by atoms with Crippen molar-refractivity contribution in [1.82, 2.24) is 10.3 Å². The van der Waals surface area contributed by atoms with E-state index in [0.29, 0.717) is 24.0 Å². The molecule has 1 heterocycles. The third-order valence-corrected chi connectivity index (χ3v) is 1.40. The molecule has 0 saturated carbocycles. The number of nitrogens with one attached hydrogen (secondary N) is 1. The van der Waals surface area contributed by atoms with E-state index in [4.69, 9.17) is 16.0 Å². The Balaban J connectivity index is 2.29. The van der Waals surface area contributed by atoms with Crippen LogP contribution in [0.1, 0.15) is 11.7 Å². The lowest BCUT2D eigenvalue weighted by Gasteiger charge is -1.97. The van der Waals surface area contributed by atoms with Gasteiger partial charge in [-0.3, -0.25) is 0 Å². The fraction of sp³-hybridized carbons (Fsp3) is 0.375. The van der Waals surface area contributed by atoms with E-state index in [2.05, 4.69) is 16.9 Å². The maximum Gasteiger partial charge on any atom is 0.208 e. The number of oxazole rings is 1. The summed E-state index contributed by atoms with van der Waals surface area (Å²) in [5, 5.41) is 3.61. The Morgan fingerprint density at radius 2 is 2.58 bits per heavy atom. The summed E-state index contributed by atoms with van der Waals surface area (Å²) in [6, 6.07) is 0. The van der Waals surface area contributed by atoms with Gasteiger partial charge < -0.3 is 9.73 Å². The van der Waals surface area contributed by atoms with Crippen molar-refractivity contribution in [1.29, 1.82) is 0 Å². The number of nitrogens with zero attached hydrogens (tertiary/aromatic N) is 1. The SMILES string of the molecule is C=C(Cl)CNCc1ncc(C)o1. The highest BCUT2D eigenvalue weighted by Crippen LogP contribution is 2.01. The quantitative estimate of drug-likeness (QED) is 0.780. The van der Waals surface area contributed by atoms with Gasteiger partial charge in [-0.1, -0.05) is 18.2 Å². The van der Waals surface area contributed by atoms with E-state index in [9.17, 15) is 0 Å². The van der Waals surface area contributed by atoms with Gasteiger partial charge in [-0.2, -0.15) is 0 Å². The van der Waals surface area contributed by atoms with Gasteiger partial charge in [-0.15, -0.1) is 0 Å². The number of hydrogen-bond donors (Lipinski definition) is 1. The first-order valence-corrected chi connectivity index (χ1v) is 4.01. The fourth-order valence-corrected chi connectivity index (χ4v) is 0.883. The first-order chi connectivity index (χ1) is 5.68. The van der Waals surface area contributed by atoms with Gasteiger partial charge in [0.2, 0.25) is 5.89 Å². The van der Waals surface area contributed by atoms with E-state index in [1.54, 1.807) is 6.20 Å². The molecule has 1 aromatic rings.